The number of ether oxygens (including phenoxy) is 1. The smallest absolute Gasteiger partial charge is 0.245 e. The number of carbonyl (C=O) groups excluding carboxylic acids is 1. The van der Waals surface area contributed by atoms with E-state index in [9.17, 15) is 4.79 Å². The van der Waals surface area contributed by atoms with Crippen LogP contribution in [0.25, 0.3) is 0 Å². The van der Waals surface area contributed by atoms with Crippen LogP contribution in [0.2, 0.25) is 0 Å². The van der Waals surface area contributed by atoms with Crippen LogP contribution < -0.4 is 11.1 Å². The second-order valence-corrected chi connectivity index (χ2v) is 4.60. The molecule has 0 saturated carbocycles. The van der Waals surface area contributed by atoms with Crippen molar-refractivity contribution in [3.63, 3.8) is 0 Å². The standard InChI is InChI=1S/C13H18N2O2/c1-10-4-2-5-11(8-10)15-13(12(14)16)6-3-7-17-9-13/h2,4-5,8,15H,3,6-7,9H2,1H3,(H2,14,16). The van der Waals surface area contributed by atoms with Crippen molar-refractivity contribution in [1.82, 2.24) is 0 Å². The second kappa shape index (κ2) is 4.75. The van der Waals surface area contributed by atoms with Crippen LogP contribution in [0.4, 0.5) is 5.69 Å². The number of nitrogens with two attached hydrogens (primary N) is 1. The Balaban J connectivity index is 2.20. The lowest BCUT2D eigenvalue weighted by molar-refractivity contribution is -0.126. The third-order valence-corrected chi connectivity index (χ3v) is 3.11. The molecule has 1 saturated heterocycles. The highest BCUT2D eigenvalue weighted by molar-refractivity contribution is 5.88. The van der Waals surface area contributed by atoms with Crippen LogP contribution in [0.1, 0.15) is 18.4 Å². The maximum absolute atomic E-state index is 11.6. The summed E-state index contributed by atoms with van der Waals surface area (Å²) in [5.41, 5.74) is 6.80. The van der Waals surface area contributed by atoms with Crippen molar-refractivity contribution in [3.05, 3.63) is 29.8 Å². The molecule has 1 fully saturated rings. The minimum absolute atomic E-state index is 0.344. The van der Waals surface area contributed by atoms with Gasteiger partial charge in [-0.1, -0.05) is 12.1 Å². The van der Waals surface area contributed by atoms with Gasteiger partial charge in [0.25, 0.3) is 0 Å². The number of rotatable bonds is 3. The number of hydrogen-bond acceptors (Lipinski definition) is 3. The van der Waals surface area contributed by atoms with Gasteiger partial charge in [0.15, 0.2) is 0 Å². The van der Waals surface area contributed by atoms with Crippen molar-refractivity contribution in [2.75, 3.05) is 18.5 Å². The van der Waals surface area contributed by atoms with E-state index >= 15 is 0 Å². The van der Waals surface area contributed by atoms with Gasteiger partial charge in [0.05, 0.1) is 6.61 Å². The van der Waals surface area contributed by atoms with Gasteiger partial charge >= 0.3 is 0 Å². The average Bonchev–Trinajstić information content (AvgIpc) is 2.30. The highest BCUT2D eigenvalue weighted by Crippen LogP contribution is 2.24. The molecule has 1 amide bonds. The molecular weight excluding hydrogens is 216 g/mol. The number of hydrogen-bond donors (Lipinski definition) is 2. The molecular formula is C13H18N2O2. The summed E-state index contributed by atoms with van der Waals surface area (Å²) in [5.74, 6) is -0.348. The molecule has 0 aromatic heterocycles. The van der Waals surface area contributed by atoms with Gasteiger partial charge in [-0.3, -0.25) is 4.79 Å². The van der Waals surface area contributed by atoms with E-state index in [0.717, 1.165) is 24.1 Å². The van der Waals surface area contributed by atoms with Crippen LogP contribution in [0.5, 0.6) is 0 Å². The van der Waals surface area contributed by atoms with Crippen molar-refractivity contribution >= 4 is 11.6 Å². The van der Waals surface area contributed by atoms with Gasteiger partial charge in [-0.15, -0.1) is 0 Å². The van der Waals surface area contributed by atoms with Gasteiger partial charge in [-0.05, 0) is 37.5 Å². The number of anilines is 1. The Labute approximate surface area is 101 Å². The Morgan fingerprint density at radius 1 is 1.53 bits per heavy atom. The summed E-state index contributed by atoms with van der Waals surface area (Å²) in [7, 11) is 0. The Bertz CT molecular complexity index is 412. The van der Waals surface area contributed by atoms with E-state index in [2.05, 4.69) is 5.32 Å². The van der Waals surface area contributed by atoms with E-state index in [0.29, 0.717) is 13.2 Å². The first-order valence-electron chi connectivity index (χ1n) is 5.85. The normalized spacial score (nSPS) is 24.3. The molecule has 1 atom stereocenters. The molecule has 0 spiro atoms. The number of primary amides is 1. The Morgan fingerprint density at radius 2 is 2.35 bits per heavy atom. The molecule has 0 bridgehead atoms. The lowest BCUT2D eigenvalue weighted by atomic mass is 9.91. The molecule has 1 aliphatic heterocycles. The molecule has 1 unspecified atom stereocenters. The first-order valence-corrected chi connectivity index (χ1v) is 5.85. The van der Waals surface area contributed by atoms with Gasteiger partial charge < -0.3 is 15.8 Å². The Morgan fingerprint density at radius 3 is 2.94 bits per heavy atom. The van der Waals surface area contributed by atoms with Crippen molar-refractivity contribution in [2.45, 2.75) is 25.3 Å². The third-order valence-electron chi connectivity index (χ3n) is 3.11. The molecule has 1 aromatic carbocycles. The fraction of sp³-hybridized carbons (Fsp3) is 0.462. The number of carbonyl (C=O) groups is 1. The summed E-state index contributed by atoms with van der Waals surface area (Å²) in [6.07, 6.45) is 1.57. The predicted molar refractivity (Wildman–Crippen MR) is 66.8 cm³/mol. The topological polar surface area (TPSA) is 64.3 Å². The molecule has 0 aliphatic carbocycles. The molecule has 3 N–H and O–H groups in total. The maximum atomic E-state index is 11.6. The highest BCUT2D eigenvalue weighted by Gasteiger charge is 2.38. The first-order chi connectivity index (χ1) is 8.12. The summed E-state index contributed by atoms with van der Waals surface area (Å²) in [6.45, 7) is 3.06. The summed E-state index contributed by atoms with van der Waals surface area (Å²) in [4.78, 5) is 11.6. The van der Waals surface area contributed by atoms with E-state index in [1.165, 1.54) is 0 Å². The van der Waals surface area contributed by atoms with Gasteiger partial charge in [-0.25, -0.2) is 0 Å². The van der Waals surface area contributed by atoms with Gasteiger partial charge in [0.2, 0.25) is 5.91 Å². The molecule has 4 nitrogen and oxygen atoms in total. The maximum Gasteiger partial charge on any atom is 0.245 e. The fourth-order valence-corrected chi connectivity index (χ4v) is 2.15. The largest absolute Gasteiger partial charge is 0.378 e. The van der Waals surface area contributed by atoms with E-state index < -0.39 is 5.54 Å². The first kappa shape index (κ1) is 11.9. The Hall–Kier alpha value is -1.55. The highest BCUT2D eigenvalue weighted by atomic mass is 16.5. The zero-order chi connectivity index (χ0) is 12.3. The molecule has 17 heavy (non-hydrogen) atoms. The molecule has 1 heterocycles. The van der Waals surface area contributed by atoms with E-state index in [-0.39, 0.29) is 5.91 Å². The number of aryl methyl sites for hydroxylation is 1. The summed E-state index contributed by atoms with van der Waals surface area (Å²) >= 11 is 0. The molecule has 4 heteroatoms. The number of benzene rings is 1. The van der Waals surface area contributed by atoms with Gasteiger partial charge in [0.1, 0.15) is 5.54 Å². The zero-order valence-corrected chi connectivity index (χ0v) is 10.0. The zero-order valence-electron chi connectivity index (χ0n) is 10.0. The molecule has 1 aromatic rings. The van der Waals surface area contributed by atoms with Crippen molar-refractivity contribution in [2.24, 2.45) is 5.73 Å². The van der Waals surface area contributed by atoms with Crippen LogP contribution in [-0.4, -0.2) is 24.7 Å². The van der Waals surface area contributed by atoms with Crippen molar-refractivity contribution in [3.8, 4) is 0 Å². The SMILES string of the molecule is Cc1cccc(NC2(C(N)=O)CCCOC2)c1. The molecule has 1 aliphatic rings. The average molecular weight is 234 g/mol. The summed E-state index contributed by atoms with van der Waals surface area (Å²) in [5, 5.41) is 3.24. The Kier molecular flexibility index (Phi) is 3.33. The lowest BCUT2D eigenvalue weighted by Crippen LogP contribution is -2.56. The monoisotopic (exact) mass is 234 g/mol. The predicted octanol–water partition coefficient (Wildman–Crippen LogP) is 1.44. The van der Waals surface area contributed by atoms with Crippen LogP contribution in [-0.2, 0) is 9.53 Å². The van der Waals surface area contributed by atoms with E-state index in [1.807, 2.05) is 31.2 Å². The van der Waals surface area contributed by atoms with Gasteiger partial charge in [0, 0.05) is 12.3 Å². The second-order valence-electron chi connectivity index (χ2n) is 4.60. The molecule has 92 valence electrons. The third kappa shape index (κ3) is 2.58. The van der Waals surface area contributed by atoms with Crippen LogP contribution in [0, 0.1) is 6.92 Å². The van der Waals surface area contributed by atoms with Crippen LogP contribution >= 0.6 is 0 Å². The minimum atomic E-state index is -0.758. The minimum Gasteiger partial charge on any atom is -0.378 e. The number of amides is 1. The fourth-order valence-electron chi connectivity index (χ4n) is 2.15. The summed E-state index contributed by atoms with van der Waals surface area (Å²) < 4.78 is 5.39. The quantitative estimate of drug-likeness (QED) is 0.831. The van der Waals surface area contributed by atoms with E-state index in [1.54, 1.807) is 0 Å². The van der Waals surface area contributed by atoms with Crippen molar-refractivity contribution < 1.29 is 9.53 Å². The summed E-state index contributed by atoms with van der Waals surface area (Å²) in [6, 6.07) is 7.90. The lowest BCUT2D eigenvalue weighted by Gasteiger charge is -2.35. The van der Waals surface area contributed by atoms with E-state index in [4.69, 9.17) is 10.5 Å². The van der Waals surface area contributed by atoms with Crippen LogP contribution in [0.3, 0.4) is 0 Å². The molecule has 2 rings (SSSR count). The van der Waals surface area contributed by atoms with Gasteiger partial charge in [-0.2, -0.15) is 0 Å². The molecule has 0 radical (unpaired) electrons. The van der Waals surface area contributed by atoms with Crippen LogP contribution in [0.15, 0.2) is 24.3 Å². The number of nitrogens with one attached hydrogen (secondary N) is 1. The van der Waals surface area contributed by atoms with Crippen molar-refractivity contribution in [1.29, 1.82) is 0 Å².